The van der Waals surface area contributed by atoms with Gasteiger partial charge in [0.15, 0.2) is 0 Å². The van der Waals surface area contributed by atoms with E-state index in [1.54, 1.807) is 13.0 Å². The van der Waals surface area contributed by atoms with Crippen molar-refractivity contribution in [2.75, 3.05) is 12.4 Å². The number of thiophene rings is 1. The predicted octanol–water partition coefficient (Wildman–Crippen LogP) is 3.78. The summed E-state index contributed by atoms with van der Waals surface area (Å²) in [6, 6.07) is 3.26. The van der Waals surface area contributed by atoms with Crippen LogP contribution in [-0.2, 0) is 20.9 Å². The van der Waals surface area contributed by atoms with Crippen molar-refractivity contribution in [3.63, 3.8) is 0 Å². The Balaban J connectivity index is 2.06. The van der Waals surface area contributed by atoms with Crippen molar-refractivity contribution >= 4 is 34.2 Å². The van der Waals surface area contributed by atoms with Gasteiger partial charge in [0.2, 0.25) is 11.7 Å². The Bertz CT molecular complexity index is 827. The monoisotopic (exact) mass is 379 g/mol. The fourth-order valence-corrected chi connectivity index (χ4v) is 2.94. The Labute approximate surface area is 155 Å². The minimum absolute atomic E-state index is 0.00123. The van der Waals surface area contributed by atoms with Crippen LogP contribution in [0.3, 0.4) is 0 Å². The SMILES string of the molecule is COC(=O)c1occc1COC(=O)c1sc(NC(=O)C(C)(C)C)cc1C. The van der Waals surface area contributed by atoms with Gasteiger partial charge in [-0.2, -0.15) is 0 Å². The van der Waals surface area contributed by atoms with Crippen molar-refractivity contribution in [1.29, 1.82) is 0 Å². The van der Waals surface area contributed by atoms with Gasteiger partial charge >= 0.3 is 11.9 Å². The standard InChI is InChI=1S/C18H21NO6S/c1-10-8-12(19-17(22)18(2,3)4)26-14(10)16(21)25-9-11-6-7-24-13(11)15(20)23-5/h6-8H,9H2,1-5H3,(H,19,22). The molecule has 140 valence electrons. The first-order chi connectivity index (χ1) is 12.1. The second-order valence-corrected chi connectivity index (χ2v) is 7.72. The lowest BCUT2D eigenvalue weighted by atomic mass is 9.96. The molecule has 0 saturated carbocycles. The van der Waals surface area contributed by atoms with Crippen molar-refractivity contribution in [3.8, 4) is 0 Å². The number of nitrogens with one attached hydrogen (secondary N) is 1. The molecule has 0 aliphatic carbocycles. The highest BCUT2D eigenvalue weighted by Crippen LogP contribution is 2.29. The molecule has 2 rings (SSSR count). The molecule has 1 amide bonds. The van der Waals surface area contributed by atoms with E-state index in [2.05, 4.69) is 10.1 Å². The van der Waals surface area contributed by atoms with Gasteiger partial charge in [-0.25, -0.2) is 9.59 Å². The number of furan rings is 1. The van der Waals surface area contributed by atoms with Gasteiger partial charge in [-0.3, -0.25) is 4.79 Å². The highest BCUT2D eigenvalue weighted by atomic mass is 32.1. The van der Waals surface area contributed by atoms with E-state index < -0.39 is 17.4 Å². The van der Waals surface area contributed by atoms with E-state index in [0.717, 1.165) is 11.3 Å². The third-order valence-corrected chi connectivity index (χ3v) is 4.63. The number of esters is 2. The highest BCUT2D eigenvalue weighted by Gasteiger charge is 2.24. The fraction of sp³-hybridized carbons (Fsp3) is 0.389. The Hall–Kier alpha value is -2.61. The number of methoxy groups -OCH3 is 1. The lowest BCUT2D eigenvalue weighted by Gasteiger charge is -2.16. The van der Waals surface area contributed by atoms with Crippen LogP contribution >= 0.6 is 11.3 Å². The Morgan fingerprint density at radius 2 is 1.92 bits per heavy atom. The molecular formula is C18H21NO6S. The van der Waals surface area contributed by atoms with Crippen molar-refractivity contribution in [2.24, 2.45) is 5.41 Å². The number of carbonyl (C=O) groups excluding carboxylic acids is 3. The lowest BCUT2D eigenvalue weighted by molar-refractivity contribution is -0.123. The van der Waals surface area contributed by atoms with Crippen LogP contribution < -0.4 is 5.32 Å². The van der Waals surface area contributed by atoms with Crippen LogP contribution in [0.25, 0.3) is 0 Å². The molecule has 0 unspecified atom stereocenters. The molecule has 0 aliphatic rings. The second-order valence-electron chi connectivity index (χ2n) is 6.67. The zero-order valence-electron chi connectivity index (χ0n) is 15.3. The van der Waals surface area contributed by atoms with Crippen molar-refractivity contribution in [3.05, 3.63) is 40.2 Å². The highest BCUT2D eigenvalue weighted by molar-refractivity contribution is 7.18. The molecule has 0 atom stereocenters. The molecular weight excluding hydrogens is 358 g/mol. The predicted molar refractivity (Wildman–Crippen MR) is 96.3 cm³/mol. The van der Waals surface area contributed by atoms with E-state index >= 15 is 0 Å². The van der Waals surface area contributed by atoms with Gasteiger partial charge in [-0.15, -0.1) is 11.3 Å². The van der Waals surface area contributed by atoms with Crippen LogP contribution in [0.1, 0.15) is 52.1 Å². The first kappa shape index (κ1) is 19.7. The zero-order chi connectivity index (χ0) is 19.5. The summed E-state index contributed by atoms with van der Waals surface area (Å²) in [5, 5.41) is 3.37. The summed E-state index contributed by atoms with van der Waals surface area (Å²) in [7, 11) is 1.24. The molecule has 0 aliphatic heterocycles. The van der Waals surface area contributed by atoms with Crippen LogP contribution in [0.2, 0.25) is 0 Å². The van der Waals surface area contributed by atoms with E-state index in [4.69, 9.17) is 9.15 Å². The van der Waals surface area contributed by atoms with E-state index in [1.807, 2.05) is 20.8 Å². The molecule has 26 heavy (non-hydrogen) atoms. The minimum atomic E-state index is -0.638. The average molecular weight is 379 g/mol. The van der Waals surface area contributed by atoms with E-state index in [-0.39, 0.29) is 18.3 Å². The van der Waals surface area contributed by atoms with Crippen molar-refractivity contribution < 1.29 is 28.3 Å². The molecule has 0 saturated heterocycles. The normalized spacial score (nSPS) is 11.1. The lowest BCUT2D eigenvalue weighted by Crippen LogP contribution is -2.27. The largest absolute Gasteiger partial charge is 0.463 e. The van der Waals surface area contributed by atoms with Gasteiger partial charge in [0.25, 0.3) is 0 Å². The molecule has 2 aromatic rings. The number of aryl methyl sites for hydroxylation is 1. The second kappa shape index (κ2) is 7.74. The number of hydrogen-bond acceptors (Lipinski definition) is 7. The van der Waals surface area contributed by atoms with Crippen molar-refractivity contribution in [1.82, 2.24) is 0 Å². The third-order valence-electron chi connectivity index (χ3n) is 3.50. The maximum Gasteiger partial charge on any atom is 0.374 e. The summed E-state index contributed by atoms with van der Waals surface area (Å²) in [4.78, 5) is 36.3. The molecule has 0 radical (unpaired) electrons. The molecule has 0 spiro atoms. The van der Waals surface area contributed by atoms with Crippen LogP contribution in [0.15, 0.2) is 22.8 Å². The van der Waals surface area contributed by atoms with Gasteiger partial charge in [0.1, 0.15) is 11.5 Å². The Morgan fingerprint density at radius 3 is 2.54 bits per heavy atom. The topological polar surface area (TPSA) is 94.8 Å². The van der Waals surface area contributed by atoms with Gasteiger partial charge in [0, 0.05) is 11.0 Å². The van der Waals surface area contributed by atoms with Crippen LogP contribution in [-0.4, -0.2) is 25.0 Å². The number of rotatable bonds is 5. The Morgan fingerprint density at radius 1 is 1.23 bits per heavy atom. The van der Waals surface area contributed by atoms with Gasteiger partial charge < -0.3 is 19.2 Å². The number of ether oxygens (including phenoxy) is 2. The number of hydrogen-bond donors (Lipinski definition) is 1. The summed E-state index contributed by atoms with van der Waals surface area (Å²) in [5.41, 5.74) is 0.578. The molecule has 0 aromatic carbocycles. The quantitative estimate of drug-likeness (QED) is 0.795. The van der Waals surface area contributed by atoms with Gasteiger partial charge in [0.05, 0.1) is 18.4 Å². The maximum atomic E-state index is 12.3. The summed E-state index contributed by atoms with van der Waals surface area (Å²) in [6.45, 7) is 7.06. The van der Waals surface area contributed by atoms with Crippen LogP contribution in [0.4, 0.5) is 5.00 Å². The van der Waals surface area contributed by atoms with E-state index in [9.17, 15) is 14.4 Å². The summed E-state index contributed by atoms with van der Waals surface area (Å²) in [6.07, 6.45) is 1.33. The fourth-order valence-electron chi connectivity index (χ4n) is 1.98. The van der Waals surface area contributed by atoms with Gasteiger partial charge in [-0.05, 0) is 24.6 Å². The number of anilines is 1. The Kier molecular flexibility index (Phi) is 5.86. The molecule has 7 nitrogen and oxygen atoms in total. The average Bonchev–Trinajstić information content (AvgIpc) is 3.17. The van der Waals surface area contributed by atoms with Crippen LogP contribution in [0, 0.1) is 12.3 Å². The van der Waals surface area contributed by atoms with E-state index in [1.165, 1.54) is 19.4 Å². The van der Waals surface area contributed by atoms with Gasteiger partial charge in [-0.1, -0.05) is 20.8 Å². The summed E-state index contributed by atoms with van der Waals surface area (Å²) >= 11 is 1.14. The molecule has 0 fully saturated rings. The summed E-state index contributed by atoms with van der Waals surface area (Å²) in [5.74, 6) is -1.32. The molecule has 1 N–H and O–H groups in total. The molecule has 2 heterocycles. The first-order valence-electron chi connectivity index (χ1n) is 7.87. The zero-order valence-corrected chi connectivity index (χ0v) is 16.1. The first-order valence-corrected chi connectivity index (χ1v) is 8.69. The smallest absolute Gasteiger partial charge is 0.374 e. The minimum Gasteiger partial charge on any atom is -0.463 e. The van der Waals surface area contributed by atoms with E-state index in [0.29, 0.717) is 21.0 Å². The molecule has 2 aromatic heterocycles. The molecule has 8 heteroatoms. The van der Waals surface area contributed by atoms with Crippen molar-refractivity contribution in [2.45, 2.75) is 34.3 Å². The molecule has 0 bridgehead atoms. The summed E-state index contributed by atoms with van der Waals surface area (Å²) < 4.78 is 14.9. The maximum absolute atomic E-state index is 12.3. The number of amides is 1. The number of carbonyl (C=O) groups is 3. The third kappa shape index (κ3) is 4.51. The van der Waals surface area contributed by atoms with Crippen LogP contribution in [0.5, 0.6) is 0 Å².